The lowest BCUT2D eigenvalue weighted by atomic mass is 10.0. The van der Waals surface area contributed by atoms with Crippen molar-refractivity contribution in [2.75, 3.05) is 14.2 Å². The van der Waals surface area contributed by atoms with Gasteiger partial charge in [-0.15, -0.1) is 11.3 Å². The molecule has 0 radical (unpaired) electrons. The number of amides is 1. The molecule has 0 bridgehead atoms. The molecule has 30 heavy (non-hydrogen) atoms. The molecule has 0 aliphatic rings. The van der Waals surface area contributed by atoms with E-state index in [1.165, 1.54) is 0 Å². The average Bonchev–Trinajstić information content (AvgIpc) is 3.20. The molecule has 5 heteroatoms. The van der Waals surface area contributed by atoms with Gasteiger partial charge in [0.25, 0.3) is 5.91 Å². The SMILES string of the molecule is COc1ccccc1/C=C(/C(=O)N(C)Cc1nc2ccccc2s1)c1ccccc1. The van der Waals surface area contributed by atoms with Gasteiger partial charge in [0.1, 0.15) is 10.8 Å². The summed E-state index contributed by atoms with van der Waals surface area (Å²) in [6.07, 6.45) is 1.89. The van der Waals surface area contributed by atoms with Gasteiger partial charge in [0.05, 0.1) is 23.9 Å². The van der Waals surface area contributed by atoms with Crippen molar-refractivity contribution in [3.05, 3.63) is 95.0 Å². The van der Waals surface area contributed by atoms with Gasteiger partial charge in [0, 0.05) is 18.2 Å². The van der Waals surface area contributed by atoms with Crippen LogP contribution in [0.2, 0.25) is 0 Å². The minimum Gasteiger partial charge on any atom is -0.496 e. The summed E-state index contributed by atoms with van der Waals surface area (Å²) in [6, 6.07) is 25.4. The number of ether oxygens (including phenoxy) is 1. The van der Waals surface area contributed by atoms with E-state index in [9.17, 15) is 4.79 Å². The first kappa shape index (κ1) is 19.9. The number of carbonyl (C=O) groups is 1. The molecular formula is C25H22N2O2S. The number of benzene rings is 3. The van der Waals surface area contributed by atoms with Gasteiger partial charge in [-0.1, -0.05) is 60.7 Å². The second kappa shape index (κ2) is 8.93. The zero-order valence-electron chi connectivity index (χ0n) is 16.9. The third-order valence-electron chi connectivity index (χ3n) is 4.81. The maximum atomic E-state index is 13.5. The van der Waals surface area contributed by atoms with Gasteiger partial charge in [-0.2, -0.15) is 0 Å². The van der Waals surface area contributed by atoms with E-state index < -0.39 is 0 Å². The summed E-state index contributed by atoms with van der Waals surface area (Å²) in [4.78, 5) is 19.8. The number of fused-ring (bicyclic) bond motifs is 1. The van der Waals surface area contributed by atoms with Crippen molar-refractivity contribution < 1.29 is 9.53 Å². The van der Waals surface area contributed by atoms with Gasteiger partial charge >= 0.3 is 0 Å². The van der Waals surface area contributed by atoms with Gasteiger partial charge < -0.3 is 9.64 Å². The number of likely N-dealkylation sites (N-methyl/N-ethyl adjacent to an activating group) is 1. The summed E-state index contributed by atoms with van der Waals surface area (Å²) in [7, 11) is 3.45. The molecule has 0 atom stereocenters. The number of hydrogen-bond donors (Lipinski definition) is 0. The fourth-order valence-corrected chi connectivity index (χ4v) is 4.32. The number of carbonyl (C=O) groups excluding carboxylic acids is 1. The Hall–Kier alpha value is -3.44. The van der Waals surface area contributed by atoms with Crippen molar-refractivity contribution in [2.45, 2.75) is 6.54 Å². The van der Waals surface area contributed by atoms with Crippen molar-refractivity contribution in [3.8, 4) is 5.75 Å². The number of methoxy groups -OCH3 is 1. The van der Waals surface area contributed by atoms with Gasteiger partial charge in [-0.25, -0.2) is 4.98 Å². The molecule has 1 amide bonds. The highest BCUT2D eigenvalue weighted by Gasteiger charge is 2.19. The van der Waals surface area contributed by atoms with Crippen LogP contribution in [0.5, 0.6) is 5.75 Å². The Morgan fingerprint density at radius 3 is 2.47 bits per heavy atom. The summed E-state index contributed by atoms with van der Waals surface area (Å²) < 4.78 is 6.60. The first-order valence-corrected chi connectivity index (χ1v) is 10.5. The third-order valence-corrected chi connectivity index (χ3v) is 5.83. The van der Waals surface area contributed by atoms with Crippen LogP contribution in [0.25, 0.3) is 21.9 Å². The molecule has 1 heterocycles. The summed E-state index contributed by atoms with van der Waals surface area (Å²) in [5, 5.41) is 0.914. The maximum absolute atomic E-state index is 13.5. The molecule has 0 saturated heterocycles. The molecule has 150 valence electrons. The highest BCUT2D eigenvalue weighted by molar-refractivity contribution is 7.18. The van der Waals surface area contributed by atoms with E-state index in [0.29, 0.717) is 12.1 Å². The predicted molar refractivity (Wildman–Crippen MR) is 123 cm³/mol. The first-order valence-electron chi connectivity index (χ1n) is 9.66. The van der Waals surface area contributed by atoms with Crippen molar-refractivity contribution >= 4 is 39.1 Å². The minimum atomic E-state index is -0.0636. The molecule has 0 spiro atoms. The summed E-state index contributed by atoms with van der Waals surface area (Å²) in [5.74, 6) is 0.666. The Morgan fingerprint density at radius 1 is 1.00 bits per heavy atom. The molecule has 0 unspecified atom stereocenters. The number of hydrogen-bond acceptors (Lipinski definition) is 4. The van der Waals surface area contributed by atoms with E-state index in [1.54, 1.807) is 23.3 Å². The normalized spacial score (nSPS) is 11.5. The highest BCUT2D eigenvalue weighted by atomic mass is 32.1. The lowest BCUT2D eigenvalue weighted by Gasteiger charge is -2.18. The molecular weight excluding hydrogens is 392 g/mol. The number of thiazole rings is 1. The Kier molecular flexibility index (Phi) is 5.91. The number of rotatable bonds is 6. The van der Waals surface area contributed by atoms with Crippen LogP contribution >= 0.6 is 11.3 Å². The molecule has 1 aromatic heterocycles. The van der Waals surface area contributed by atoms with Crippen LogP contribution in [-0.4, -0.2) is 29.9 Å². The second-order valence-corrected chi connectivity index (χ2v) is 8.02. The fraction of sp³-hybridized carbons (Fsp3) is 0.120. The molecule has 4 rings (SSSR count). The summed E-state index contributed by atoms with van der Waals surface area (Å²) in [6.45, 7) is 0.453. The Bertz CT molecular complexity index is 1160. The van der Waals surface area contributed by atoms with E-state index in [1.807, 2.05) is 85.9 Å². The molecule has 4 aromatic rings. The van der Waals surface area contributed by atoms with Crippen LogP contribution in [-0.2, 0) is 11.3 Å². The van der Waals surface area contributed by atoms with E-state index in [2.05, 4.69) is 11.1 Å². The predicted octanol–water partition coefficient (Wildman–Crippen LogP) is 5.50. The Morgan fingerprint density at radius 2 is 1.70 bits per heavy atom. The quantitative estimate of drug-likeness (QED) is 0.309. The van der Waals surface area contributed by atoms with Gasteiger partial charge in [-0.05, 0) is 29.8 Å². The monoisotopic (exact) mass is 414 g/mol. The van der Waals surface area contributed by atoms with E-state index in [0.717, 1.165) is 32.1 Å². The topological polar surface area (TPSA) is 42.4 Å². The van der Waals surface area contributed by atoms with Gasteiger partial charge in [0.2, 0.25) is 0 Å². The van der Waals surface area contributed by atoms with Crippen LogP contribution in [0.15, 0.2) is 78.9 Å². The standard InChI is InChI=1S/C25H22N2O2S/c1-27(17-24-26-21-13-7-9-15-23(21)30-24)25(28)20(18-10-4-3-5-11-18)16-19-12-6-8-14-22(19)29-2/h3-16H,17H2,1-2H3/b20-16+. The van der Waals surface area contributed by atoms with Crippen LogP contribution in [0.1, 0.15) is 16.1 Å². The fourth-order valence-electron chi connectivity index (χ4n) is 3.30. The van der Waals surface area contributed by atoms with Crippen molar-refractivity contribution in [2.24, 2.45) is 0 Å². The molecule has 0 N–H and O–H groups in total. The van der Waals surface area contributed by atoms with Crippen molar-refractivity contribution in [1.29, 1.82) is 0 Å². The number of para-hydroxylation sites is 2. The van der Waals surface area contributed by atoms with Gasteiger partial charge in [-0.3, -0.25) is 4.79 Å². The van der Waals surface area contributed by atoms with Crippen LogP contribution in [0.3, 0.4) is 0 Å². The number of nitrogens with zero attached hydrogens (tertiary/aromatic N) is 2. The Labute approximate surface area is 180 Å². The molecule has 0 fully saturated rings. The summed E-state index contributed by atoms with van der Waals surface area (Å²) >= 11 is 1.62. The largest absolute Gasteiger partial charge is 0.496 e. The van der Waals surface area contributed by atoms with Gasteiger partial charge in [0.15, 0.2) is 0 Å². The van der Waals surface area contributed by atoms with E-state index in [4.69, 9.17) is 4.74 Å². The average molecular weight is 415 g/mol. The molecule has 0 saturated carbocycles. The zero-order chi connectivity index (χ0) is 20.9. The van der Waals surface area contributed by atoms with Crippen LogP contribution in [0.4, 0.5) is 0 Å². The second-order valence-electron chi connectivity index (χ2n) is 6.90. The zero-order valence-corrected chi connectivity index (χ0v) is 17.7. The highest BCUT2D eigenvalue weighted by Crippen LogP contribution is 2.27. The van der Waals surface area contributed by atoms with E-state index >= 15 is 0 Å². The molecule has 4 nitrogen and oxygen atoms in total. The third kappa shape index (κ3) is 4.26. The molecule has 0 aliphatic carbocycles. The Balaban J connectivity index is 1.67. The first-order chi connectivity index (χ1) is 14.7. The maximum Gasteiger partial charge on any atom is 0.254 e. The molecule has 3 aromatic carbocycles. The minimum absolute atomic E-state index is 0.0636. The van der Waals surface area contributed by atoms with Crippen LogP contribution < -0.4 is 4.74 Å². The molecule has 0 aliphatic heterocycles. The van der Waals surface area contributed by atoms with Crippen molar-refractivity contribution in [1.82, 2.24) is 9.88 Å². The van der Waals surface area contributed by atoms with Crippen molar-refractivity contribution in [3.63, 3.8) is 0 Å². The smallest absolute Gasteiger partial charge is 0.254 e. The van der Waals surface area contributed by atoms with E-state index in [-0.39, 0.29) is 5.91 Å². The van der Waals surface area contributed by atoms with Crippen LogP contribution in [0, 0.1) is 0 Å². The lowest BCUT2D eigenvalue weighted by molar-refractivity contribution is -0.124. The number of aromatic nitrogens is 1. The summed E-state index contributed by atoms with van der Waals surface area (Å²) in [5.41, 5.74) is 3.31. The lowest BCUT2D eigenvalue weighted by Crippen LogP contribution is -2.27.